The van der Waals surface area contributed by atoms with Gasteiger partial charge in [-0.05, 0) is 19.1 Å². The number of para-hydroxylation sites is 1. The van der Waals surface area contributed by atoms with Crippen molar-refractivity contribution in [2.24, 2.45) is 5.73 Å². The van der Waals surface area contributed by atoms with E-state index in [-0.39, 0.29) is 18.9 Å². The molecule has 3 N–H and O–H groups in total. The van der Waals surface area contributed by atoms with Gasteiger partial charge in [0.25, 0.3) is 0 Å². The third kappa shape index (κ3) is 2.33. The summed E-state index contributed by atoms with van der Waals surface area (Å²) in [5.41, 5.74) is 5.13. The number of nitrogens with two attached hydrogens (primary N) is 1. The van der Waals surface area contributed by atoms with E-state index in [1.807, 2.05) is 18.2 Å². The summed E-state index contributed by atoms with van der Waals surface area (Å²) in [6, 6.07) is 7.24. The molecule has 0 spiro atoms. The monoisotopic (exact) mass is 272 g/mol. The van der Waals surface area contributed by atoms with Crippen LogP contribution in [0.4, 0.5) is 0 Å². The first-order valence-corrected chi connectivity index (χ1v) is 6.22. The number of terminal acetylenes is 1. The maximum absolute atomic E-state index is 11.9. The topological polar surface area (TPSA) is 77.5 Å². The lowest BCUT2D eigenvalue weighted by atomic mass is 10.0. The highest BCUT2D eigenvalue weighted by Gasteiger charge is 2.34. The average Bonchev–Trinajstić information content (AvgIpc) is 2.76. The summed E-state index contributed by atoms with van der Waals surface area (Å²) in [6.07, 6.45) is 6.89. The minimum Gasteiger partial charge on any atom is -0.506 e. The van der Waals surface area contributed by atoms with Crippen molar-refractivity contribution in [3.63, 3.8) is 0 Å². The van der Waals surface area contributed by atoms with Crippen LogP contribution in [0.5, 0.6) is 5.75 Å². The van der Waals surface area contributed by atoms with Crippen LogP contribution in [0.15, 0.2) is 30.5 Å². The van der Waals surface area contributed by atoms with Crippen molar-refractivity contribution in [1.82, 2.24) is 4.57 Å². The summed E-state index contributed by atoms with van der Waals surface area (Å²) in [4.78, 5) is 11.9. The molecule has 2 rings (SSSR count). The van der Waals surface area contributed by atoms with Crippen LogP contribution in [0.1, 0.15) is 6.92 Å². The van der Waals surface area contributed by atoms with Gasteiger partial charge in [-0.15, -0.1) is 6.42 Å². The Bertz CT molecular complexity index is 684. The number of carbonyl (C=O) groups is 1. The molecular weight excluding hydrogens is 256 g/mol. The highest BCUT2D eigenvalue weighted by molar-refractivity contribution is 5.88. The zero-order chi connectivity index (χ0) is 14.8. The fourth-order valence-electron chi connectivity index (χ4n) is 2.06. The fourth-order valence-corrected chi connectivity index (χ4v) is 2.06. The highest BCUT2D eigenvalue weighted by atomic mass is 16.5. The second-order valence-electron chi connectivity index (χ2n) is 4.50. The van der Waals surface area contributed by atoms with E-state index < -0.39 is 11.5 Å². The average molecular weight is 272 g/mol. The Morgan fingerprint density at radius 1 is 1.55 bits per heavy atom. The van der Waals surface area contributed by atoms with E-state index in [1.54, 1.807) is 17.6 Å². The number of hydrogen-bond acceptors (Lipinski definition) is 4. The summed E-state index contributed by atoms with van der Waals surface area (Å²) in [7, 11) is 0. The largest absolute Gasteiger partial charge is 0.506 e. The lowest BCUT2D eigenvalue weighted by molar-refractivity contribution is -0.147. The molecule has 1 aromatic heterocycles. The maximum Gasteiger partial charge on any atom is 0.340 e. The van der Waals surface area contributed by atoms with E-state index in [4.69, 9.17) is 16.9 Å². The first-order valence-electron chi connectivity index (χ1n) is 6.22. The second-order valence-corrected chi connectivity index (χ2v) is 4.50. The van der Waals surface area contributed by atoms with Gasteiger partial charge in [0.05, 0.1) is 18.7 Å². The third-order valence-electron chi connectivity index (χ3n) is 3.08. The van der Waals surface area contributed by atoms with E-state index in [0.717, 1.165) is 5.52 Å². The highest BCUT2D eigenvalue weighted by Crippen LogP contribution is 2.27. The number of fused-ring (bicyclic) bond motifs is 1. The molecule has 0 fully saturated rings. The van der Waals surface area contributed by atoms with E-state index in [1.165, 1.54) is 6.20 Å². The molecule has 1 unspecified atom stereocenters. The molecule has 0 aliphatic rings. The minimum atomic E-state index is -1.57. The second kappa shape index (κ2) is 5.27. The molecular formula is C15H16N2O3. The van der Waals surface area contributed by atoms with Crippen LogP contribution in [0.2, 0.25) is 0 Å². The zero-order valence-corrected chi connectivity index (χ0v) is 11.2. The maximum atomic E-state index is 11.9. The Kier molecular flexibility index (Phi) is 3.68. The SMILES string of the molecule is C#CC(N)(Cn1cc(O)c2ccccc21)C(=O)OCC. The first kappa shape index (κ1) is 14.0. The van der Waals surface area contributed by atoms with Gasteiger partial charge >= 0.3 is 5.97 Å². The molecule has 104 valence electrons. The molecule has 0 saturated carbocycles. The quantitative estimate of drug-likeness (QED) is 0.648. The Labute approximate surface area is 116 Å². The molecule has 1 heterocycles. The number of ether oxygens (including phenoxy) is 1. The number of aromatic hydroxyl groups is 1. The van der Waals surface area contributed by atoms with Crippen LogP contribution >= 0.6 is 0 Å². The lowest BCUT2D eigenvalue weighted by Gasteiger charge is -2.22. The number of aromatic nitrogens is 1. The Balaban J connectivity index is 2.40. The minimum absolute atomic E-state index is 0.0312. The van der Waals surface area contributed by atoms with Gasteiger partial charge in [0, 0.05) is 11.6 Å². The van der Waals surface area contributed by atoms with Crippen molar-refractivity contribution in [3.8, 4) is 18.1 Å². The summed E-state index contributed by atoms with van der Waals surface area (Å²) < 4.78 is 6.56. The van der Waals surface area contributed by atoms with Crippen molar-refractivity contribution in [2.45, 2.75) is 19.0 Å². The van der Waals surface area contributed by atoms with Crippen molar-refractivity contribution in [3.05, 3.63) is 30.5 Å². The molecule has 0 amide bonds. The number of hydrogen-bond donors (Lipinski definition) is 2. The molecule has 5 nitrogen and oxygen atoms in total. The van der Waals surface area contributed by atoms with Crippen LogP contribution in [-0.4, -0.2) is 27.8 Å². The third-order valence-corrected chi connectivity index (χ3v) is 3.08. The molecule has 0 saturated heterocycles. The van der Waals surface area contributed by atoms with Crippen molar-refractivity contribution in [1.29, 1.82) is 0 Å². The van der Waals surface area contributed by atoms with Crippen LogP contribution in [-0.2, 0) is 16.1 Å². The van der Waals surface area contributed by atoms with E-state index in [2.05, 4.69) is 5.92 Å². The van der Waals surface area contributed by atoms with Gasteiger partial charge in [-0.25, -0.2) is 4.79 Å². The van der Waals surface area contributed by atoms with Crippen molar-refractivity contribution >= 4 is 16.9 Å². The molecule has 2 aromatic rings. The molecule has 0 aliphatic carbocycles. The smallest absolute Gasteiger partial charge is 0.340 e. The molecule has 5 heteroatoms. The van der Waals surface area contributed by atoms with Gasteiger partial charge in [-0.1, -0.05) is 18.1 Å². The van der Waals surface area contributed by atoms with Crippen LogP contribution in [0, 0.1) is 12.3 Å². The van der Waals surface area contributed by atoms with E-state index >= 15 is 0 Å². The molecule has 1 atom stereocenters. The number of rotatable bonds is 4. The number of nitrogens with zero attached hydrogens (tertiary/aromatic N) is 1. The van der Waals surface area contributed by atoms with Crippen LogP contribution in [0.25, 0.3) is 10.9 Å². The standard InChI is InChI=1S/C15H16N2O3/c1-3-15(16,14(19)20-4-2)10-17-9-13(18)11-7-5-6-8-12(11)17/h1,5-9,18H,4,10,16H2,2H3. The zero-order valence-electron chi connectivity index (χ0n) is 11.2. The van der Waals surface area contributed by atoms with E-state index in [9.17, 15) is 9.90 Å². The number of esters is 1. The molecule has 0 aliphatic heterocycles. The van der Waals surface area contributed by atoms with Crippen molar-refractivity contribution < 1.29 is 14.6 Å². The van der Waals surface area contributed by atoms with Crippen LogP contribution in [0.3, 0.4) is 0 Å². The van der Waals surface area contributed by atoms with Gasteiger partial charge in [0.1, 0.15) is 5.75 Å². The summed E-state index contributed by atoms with van der Waals surface area (Å²) in [5.74, 6) is 1.75. The van der Waals surface area contributed by atoms with E-state index in [0.29, 0.717) is 5.39 Å². The predicted molar refractivity (Wildman–Crippen MR) is 76.0 cm³/mol. The first-order chi connectivity index (χ1) is 9.51. The summed E-state index contributed by atoms with van der Waals surface area (Å²) >= 11 is 0. The fraction of sp³-hybridized carbons (Fsp3) is 0.267. The predicted octanol–water partition coefficient (Wildman–Crippen LogP) is 1.24. The summed E-state index contributed by atoms with van der Waals surface area (Å²) in [5, 5.41) is 10.6. The Morgan fingerprint density at radius 3 is 2.90 bits per heavy atom. The lowest BCUT2D eigenvalue weighted by Crippen LogP contribution is -2.51. The number of benzene rings is 1. The van der Waals surface area contributed by atoms with Gasteiger partial charge in [-0.2, -0.15) is 0 Å². The van der Waals surface area contributed by atoms with Gasteiger partial charge in [-0.3, -0.25) is 0 Å². The van der Waals surface area contributed by atoms with Gasteiger partial charge < -0.3 is 20.1 Å². The normalized spacial score (nSPS) is 13.7. The van der Waals surface area contributed by atoms with Gasteiger partial charge in [0.15, 0.2) is 5.54 Å². The summed E-state index contributed by atoms with van der Waals surface area (Å²) in [6.45, 7) is 1.92. The molecule has 20 heavy (non-hydrogen) atoms. The molecule has 1 aromatic carbocycles. The van der Waals surface area contributed by atoms with Crippen LogP contribution < -0.4 is 5.73 Å². The molecule has 0 radical (unpaired) electrons. The Morgan fingerprint density at radius 2 is 2.25 bits per heavy atom. The molecule has 0 bridgehead atoms. The number of carbonyl (C=O) groups excluding carboxylic acids is 1. The van der Waals surface area contributed by atoms with Crippen molar-refractivity contribution in [2.75, 3.05) is 6.61 Å². The Hall–Kier alpha value is -2.45. The van der Waals surface area contributed by atoms with Gasteiger partial charge in [0.2, 0.25) is 0 Å².